The van der Waals surface area contributed by atoms with Gasteiger partial charge in [-0.15, -0.1) is 22.9 Å². The Morgan fingerprint density at radius 2 is 1.98 bits per heavy atom. The molecule has 0 aromatic carbocycles. The molecule has 0 bridgehead atoms. The Hall–Kier alpha value is -3.44. The Bertz CT molecular complexity index is 1330. The van der Waals surface area contributed by atoms with Gasteiger partial charge in [0.2, 0.25) is 0 Å². The minimum atomic E-state index is -1.76. The molecule has 0 saturated carbocycles. The summed E-state index contributed by atoms with van der Waals surface area (Å²) in [6, 6.07) is -1.34. The molecule has 4 radical (unpaired) electrons. The molecule has 1 fully saturated rings. The molecule has 3 amide bonds. The van der Waals surface area contributed by atoms with Crippen LogP contribution in [0.1, 0.15) is 32.9 Å². The number of carbonyl (C=O) groups excluding carboxylic acids is 5. The number of oxime groups is 1. The summed E-state index contributed by atoms with van der Waals surface area (Å²) in [6.07, 6.45) is -1.10. The van der Waals surface area contributed by atoms with E-state index in [1.54, 1.807) is 20.8 Å². The molecular formula is C21H22B2ClN5O10S2. The maximum absolute atomic E-state index is 13.3. The van der Waals surface area contributed by atoms with Crippen LogP contribution in [-0.2, 0) is 48.9 Å². The summed E-state index contributed by atoms with van der Waals surface area (Å²) in [6.45, 7) is 4.68. The van der Waals surface area contributed by atoms with Crippen LogP contribution in [0.4, 0.5) is 9.93 Å². The van der Waals surface area contributed by atoms with Gasteiger partial charge >= 0.3 is 28.2 Å². The lowest BCUT2D eigenvalue weighted by Crippen LogP contribution is -2.74. The molecule has 3 rings (SSSR count). The van der Waals surface area contributed by atoms with Gasteiger partial charge in [0, 0.05) is 11.3 Å². The molecule has 1 aromatic heterocycles. The van der Waals surface area contributed by atoms with Crippen LogP contribution in [0.5, 0.6) is 0 Å². The van der Waals surface area contributed by atoms with Gasteiger partial charge in [0.25, 0.3) is 17.8 Å². The zero-order valence-corrected chi connectivity index (χ0v) is 24.2. The van der Waals surface area contributed by atoms with Crippen molar-refractivity contribution in [1.82, 2.24) is 15.2 Å². The molecule has 1 unspecified atom stereocenters. The highest BCUT2D eigenvalue weighted by atomic mass is 35.5. The van der Waals surface area contributed by atoms with Crippen LogP contribution >= 0.6 is 22.9 Å². The number of nitrogens with zero attached hydrogens (tertiary/aromatic N) is 3. The van der Waals surface area contributed by atoms with E-state index in [9.17, 15) is 28.2 Å². The monoisotopic (exact) mass is 625 g/mol. The van der Waals surface area contributed by atoms with Gasteiger partial charge in [0.15, 0.2) is 10.8 Å². The van der Waals surface area contributed by atoms with Gasteiger partial charge in [-0.05, 0) is 26.3 Å². The zero-order chi connectivity index (χ0) is 30.5. The lowest BCUT2D eigenvalue weighted by atomic mass is 10.0. The molecule has 20 heteroatoms. The van der Waals surface area contributed by atoms with Crippen molar-refractivity contribution in [2.45, 2.75) is 44.2 Å². The van der Waals surface area contributed by atoms with Gasteiger partial charge in [0.1, 0.15) is 35.0 Å². The lowest BCUT2D eigenvalue weighted by Gasteiger charge is -2.49. The molecule has 216 valence electrons. The van der Waals surface area contributed by atoms with Gasteiger partial charge < -0.3 is 24.2 Å². The average molecular weight is 626 g/mol. The number of hydrogen-bond acceptors (Lipinski definition) is 13. The van der Waals surface area contributed by atoms with Crippen molar-refractivity contribution in [2.24, 2.45) is 5.16 Å². The Kier molecular flexibility index (Phi) is 10.5. The summed E-state index contributed by atoms with van der Waals surface area (Å²) in [5.74, 6) is -4.00. The molecule has 0 spiro atoms. The van der Waals surface area contributed by atoms with Crippen molar-refractivity contribution in [3.05, 3.63) is 22.3 Å². The quantitative estimate of drug-likeness (QED) is 0.0871. The second-order valence-corrected chi connectivity index (χ2v) is 11.9. The van der Waals surface area contributed by atoms with Crippen molar-refractivity contribution in [2.75, 3.05) is 23.6 Å². The Morgan fingerprint density at radius 1 is 1.27 bits per heavy atom. The first kappa shape index (κ1) is 32.1. The summed E-state index contributed by atoms with van der Waals surface area (Å²) in [5, 5.41) is 8.84. The highest BCUT2D eigenvalue weighted by Crippen LogP contribution is 2.35. The van der Waals surface area contributed by atoms with Gasteiger partial charge in [-0.3, -0.25) is 28.8 Å². The minimum Gasteiger partial charge on any atom is -0.543 e. The number of carbonyl (C=O) groups is 5. The number of anilines is 1. The number of halogens is 1. The smallest absolute Gasteiger partial charge is 0.413 e. The molecule has 2 N–H and O–H groups in total. The van der Waals surface area contributed by atoms with E-state index in [0.29, 0.717) is 0 Å². The maximum atomic E-state index is 13.3. The van der Waals surface area contributed by atoms with Crippen LogP contribution in [-0.4, -0.2) is 101 Å². The molecule has 3 atom stereocenters. The van der Waals surface area contributed by atoms with Crippen molar-refractivity contribution in [3.8, 4) is 0 Å². The third-order valence-electron chi connectivity index (χ3n) is 5.21. The second kappa shape index (κ2) is 13.5. The van der Waals surface area contributed by atoms with Gasteiger partial charge in [-0.25, -0.2) is 14.6 Å². The van der Waals surface area contributed by atoms with E-state index in [1.165, 1.54) is 5.38 Å². The number of rotatable bonds is 10. The fourth-order valence-corrected chi connectivity index (χ4v) is 6.24. The molecule has 41 heavy (non-hydrogen) atoms. The molecule has 0 aliphatic carbocycles. The van der Waals surface area contributed by atoms with Crippen LogP contribution in [0, 0.1) is 0 Å². The third kappa shape index (κ3) is 7.65. The summed E-state index contributed by atoms with van der Waals surface area (Å²) in [4.78, 5) is 71.9. The van der Waals surface area contributed by atoms with Crippen molar-refractivity contribution >= 4 is 90.5 Å². The first-order chi connectivity index (χ1) is 19.3. The molecular weight excluding hydrogens is 603 g/mol. The average Bonchev–Trinajstić information content (AvgIpc) is 3.36. The van der Waals surface area contributed by atoms with E-state index in [-0.39, 0.29) is 46.8 Å². The lowest BCUT2D eigenvalue weighted by molar-refractivity contribution is -0.149. The fourth-order valence-electron chi connectivity index (χ4n) is 3.54. The number of fused-ring (bicyclic) bond motifs is 1. The van der Waals surface area contributed by atoms with Gasteiger partial charge in [-0.1, -0.05) is 5.16 Å². The predicted octanol–water partition coefficient (Wildman–Crippen LogP) is -0.237. The van der Waals surface area contributed by atoms with Crippen LogP contribution in [0.25, 0.3) is 0 Å². The SMILES string of the molecule is [B]OC(=O)CCO/N=C(\C(=O)N[C@@H]1C(=O)N2C(C(=O)O[B])=C(CCl)CS(=O)[C@H]12)c1csc(NC(=O)OC(C)(C)C)n1. The first-order valence-electron chi connectivity index (χ1n) is 11.6. The van der Waals surface area contributed by atoms with Crippen LogP contribution < -0.4 is 10.6 Å². The second-order valence-electron chi connectivity index (χ2n) is 9.24. The first-order valence-corrected chi connectivity index (χ1v) is 14.4. The fraction of sp³-hybridized carbons (Fsp3) is 0.476. The topological polar surface area (TPSA) is 192 Å². The van der Waals surface area contributed by atoms with E-state index in [1.807, 2.05) is 0 Å². The van der Waals surface area contributed by atoms with Gasteiger partial charge in [0.05, 0.1) is 23.0 Å². The highest BCUT2D eigenvalue weighted by Gasteiger charge is 2.57. The number of alkyl halides is 1. The molecule has 1 saturated heterocycles. The number of β-lactam (4-membered cyclic amide) rings is 1. The van der Waals surface area contributed by atoms with Crippen molar-refractivity contribution < 1.29 is 47.1 Å². The number of thiazole rings is 1. The third-order valence-corrected chi connectivity index (χ3v) is 7.94. The van der Waals surface area contributed by atoms with Gasteiger partial charge in [-0.2, -0.15) is 0 Å². The molecule has 2 aliphatic rings. The Balaban J connectivity index is 1.82. The van der Waals surface area contributed by atoms with E-state index in [4.69, 9.17) is 37.3 Å². The van der Waals surface area contributed by atoms with Crippen molar-refractivity contribution in [3.63, 3.8) is 0 Å². The largest absolute Gasteiger partial charge is 0.543 e. The summed E-state index contributed by atoms with van der Waals surface area (Å²) >= 11 is 6.78. The number of nitrogens with one attached hydrogen (secondary N) is 2. The van der Waals surface area contributed by atoms with E-state index in [2.05, 4.69) is 30.1 Å². The van der Waals surface area contributed by atoms with Crippen LogP contribution in [0.3, 0.4) is 0 Å². The Labute approximate surface area is 247 Å². The number of hydrogen-bond donors (Lipinski definition) is 2. The highest BCUT2D eigenvalue weighted by molar-refractivity contribution is 7.86. The molecule has 15 nitrogen and oxygen atoms in total. The van der Waals surface area contributed by atoms with E-state index in [0.717, 1.165) is 16.2 Å². The molecule has 1 aromatic rings. The number of aromatic nitrogens is 1. The van der Waals surface area contributed by atoms with Crippen molar-refractivity contribution in [1.29, 1.82) is 0 Å². The maximum Gasteiger partial charge on any atom is 0.413 e. The molecule has 2 aliphatic heterocycles. The van der Waals surface area contributed by atoms with E-state index < -0.39 is 63.4 Å². The Morgan fingerprint density at radius 3 is 2.59 bits per heavy atom. The summed E-state index contributed by atoms with van der Waals surface area (Å²) in [5.41, 5.74) is -1.37. The normalized spacial score (nSPS) is 20.4. The van der Waals surface area contributed by atoms with E-state index >= 15 is 0 Å². The summed E-state index contributed by atoms with van der Waals surface area (Å²) < 4.78 is 26.3. The van der Waals surface area contributed by atoms with Crippen LogP contribution in [0.15, 0.2) is 21.8 Å². The predicted molar refractivity (Wildman–Crippen MR) is 146 cm³/mol. The molecule has 3 heterocycles. The number of ether oxygens (including phenoxy) is 1. The standard InChI is InChI=1S/C21H22B2ClN5O10S2/c1-21(2,3)37-20(34)27-19-25-10(7-40-19)12(28-36-5-4-11(30)38-22)15(31)26-13-16(32)29-14(18(33)39-23)9(6-24)8-41(35)17(13)29/h7,13,17H,4-6,8H2,1-3H3,(H,26,31)(H,25,27,34)/b28-12-/t13-,17-,41?/m1/s1. The minimum absolute atomic E-state index is 0.0458. The zero-order valence-electron chi connectivity index (χ0n) is 21.8. The number of amides is 3. The van der Waals surface area contributed by atoms with Crippen LogP contribution in [0.2, 0.25) is 0 Å². The summed E-state index contributed by atoms with van der Waals surface area (Å²) in [7, 11) is 8.00.